The quantitative estimate of drug-likeness (QED) is 0.144. The number of piperidine rings is 1. The Bertz CT molecular complexity index is 1620. The van der Waals surface area contributed by atoms with Crippen molar-refractivity contribution in [3.63, 3.8) is 0 Å². The first-order valence-electron chi connectivity index (χ1n) is 15.0. The highest BCUT2D eigenvalue weighted by Crippen LogP contribution is 2.40. The molecule has 0 radical (unpaired) electrons. The average molecular weight is 610 g/mol. The molecule has 4 aromatic carbocycles. The van der Waals surface area contributed by atoms with Gasteiger partial charge < -0.3 is 4.48 Å². The number of rotatable bonds is 10. The molecule has 5 rings (SSSR count). The molecule has 1 heterocycles. The number of anilines is 1. The summed E-state index contributed by atoms with van der Waals surface area (Å²) in [5, 5.41) is 1.83. The van der Waals surface area contributed by atoms with E-state index in [-0.39, 0.29) is 5.02 Å². The van der Waals surface area contributed by atoms with Crippen LogP contribution in [0.3, 0.4) is 0 Å². The summed E-state index contributed by atoms with van der Waals surface area (Å²) in [7, 11) is -4.58. The molecule has 1 N–H and O–H groups in total. The largest absolute Gasteiger partial charge is 0.320 e. The van der Waals surface area contributed by atoms with Crippen LogP contribution in [-0.4, -0.2) is 45.7 Å². The minimum Gasteiger partial charge on any atom is -0.320 e. The Morgan fingerprint density at radius 2 is 1.57 bits per heavy atom. The van der Waals surface area contributed by atoms with Gasteiger partial charge in [0.05, 0.1) is 35.2 Å². The summed E-state index contributed by atoms with van der Waals surface area (Å²) in [4.78, 5) is 0.334. The van der Waals surface area contributed by atoms with Crippen molar-refractivity contribution in [1.82, 2.24) is 0 Å². The summed E-state index contributed by atoms with van der Waals surface area (Å²) in [5.74, 6) is -0.549. The van der Waals surface area contributed by atoms with E-state index >= 15 is 0 Å². The van der Waals surface area contributed by atoms with Crippen molar-refractivity contribution in [3.05, 3.63) is 106 Å². The normalized spacial score (nSPS) is 16.2. The monoisotopic (exact) mass is 609 g/mol. The molecule has 0 aromatic heterocycles. The maximum absolute atomic E-state index is 14.7. The average Bonchev–Trinajstić information content (AvgIpc) is 2.94. The Labute approximate surface area is 255 Å². The number of halogens is 2. The van der Waals surface area contributed by atoms with Crippen LogP contribution in [0.2, 0.25) is 5.02 Å². The van der Waals surface area contributed by atoms with Crippen molar-refractivity contribution in [2.75, 3.05) is 36.7 Å². The molecule has 42 heavy (non-hydrogen) atoms. The van der Waals surface area contributed by atoms with Gasteiger partial charge in [-0.2, -0.15) is 4.21 Å². The third-order valence-corrected chi connectivity index (χ3v) is 11.8. The Hall–Kier alpha value is -2.77. The summed E-state index contributed by atoms with van der Waals surface area (Å²) in [5.41, 5.74) is 4.43. The molecular weight excluding hydrogens is 567 g/mol. The standard InChI is InChI=1S/C35H42ClFN2O2S/c1-27-21-28(2)23-29(22-27)26-39(18-8-4-9-19-39)20-10-7-17-38(32-14-16-35(37)34(36)25-32)42(3,40,41)33-15-13-30-11-5-6-12-31(30)24-33/h5-6,11-16,21-25H,4,7-10,17-20,26H2,1-3H3/p+1. The summed E-state index contributed by atoms with van der Waals surface area (Å²) in [6.07, 6.45) is 6.78. The lowest BCUT2D eigenvalue weighted by molar-refractivity contribution is -0.945. The van der Waals surface area contributed by atoms with Crippen LogP contribution in [0.5, 0.6) is 0 Å². The Morgan fingerprint density at radius 3 is 2.26 bits per heavy atom. The maximum Gasteiger partial charge on any atom is 0.141 e. The third-order valence-electron chi connectivity index (χ3n) is 8.78. The van der Waals surface area contributed by atoms with Crippen LogP contribution in [0.1, 0.15) is 48.8 Å². The highest BCUT2D eigenvalue weighted by atomic mass is 35.5. The second-order valence-corrected chi connectivity index (χ2v) is 16.2. The maximum atomic E-state index is 14.7. The molecule has 1 saturated heterocycles. The fourth-order valence-electron chi connectivity index (χ4n) is 6.71. The highest BCUT2D eigenvalue weighted by molar-refractivity contribution is 8.15. The fraction of sp³-hybridized carbons (Fsp3) is 0.371. The number of hydrogen-bond donors (Lipinski definition) is 1. The van der Waals surface area contributed by atoms with Gasteiger partial charge in [-0.3, -0.25) is 8.86 Å². The van der Waals surface area contributed by atoms with E-state index in [1.54, 1.807) is 22.5 Å². The van der Waals surface area contributed by atoms with Crippen molar-refractivity contribution in [3.8, 4) is 0 Å². The lowest BCUT2D eigenvalue weighted by Gasteiger charge is -2.50. The molecule has 1 fully saturated rings. The van der Waals surface area contributed by atoms with E-state index in [0.29, 0.717) is 17.1 Å². The lowest BCUT2D eigenvalue weighted by atomic mass is 10.0. The van der Waals surface area contributed by atoms with Crippen LogP contribution in [0, 0.1) is 19.7 Å². The zero-order valence-corrected chi connectivity index (χ0v) is 26.6. The van der Waals surface area contributed by atoms with Gasteiger partial charge in [-0.15, -0.1) is 9.53 Å². The Morgan fingerprint density at radius 1 is 0.881 bits per heavy atom. The predicted molar refractivity (Wildman–Crippen MR) is 175 cm³/mol. The van der Waals surface area contributed by atoms with Crippen molar-refractivity contribution in [2.24, 2.45) is 0 Å². The predicted octanol–water partition coefficient (Wildman–Crippen LogP) is 8.93. The molecule has 0 aliphatic carbocycles. The van der Waals surface area contributed by atoms with Gasteiger partial charge in [-0.05, 0) is 87.1 Å². The van der Waals surface area contributed by atoms with Gasteiger partial charge in [0.1, 0.15) is 12.4 Å². The van der Waals surface area contributed by atoms with Gasteiger partial charge in [-0.1, -0.05) is 71.3 Å². The van der Waals surface area contributed by atoms with Crippen LogP contribution >= 0.6 is 11.6 Å². The van der Waals surface area contributed by atoms with E-state index in [4.69, 9.17) is 11.6 Å². The van der Waals surface area contributed by atoms with Gasteiger partial charge in [0.15, 0.2) is 0 Å². The first-order chi connectivity index (χ1) is 19.9. The second-order valence-electron chi connectivity index (χ2n) is 12.4. The summed E-state index contributed by atoms with van der Waals surface area (Å²) in [6, 6.07) is 24.3. The third kappa shape index (κ3) is 6.73. The minimum atomic E-state index is -4.58. The molecule has 0 saturated carbocycles. The molecule has 0 amide bonds. The number of fused-ring (bicyclic) bond motifs is 1. The fourth-order valence-corrected chi connectivity index (χ4v) is 9.09. The van der Waals surface area contributed by atoms with E-state index in [9.17, 15) is 13.2 Å². The summed E-state index contributed by atoms with van der Waals surface area (Å²) in [6.45, 7) is 9.03. The molecule has 0 spiro atoms. The van der Waals surface area contributed by atoms with E-state index in [0.717, 1.165) is 54.3 Å². The molecular formula is C35H43ClFN2O2S+. The molecule has 1 aliphatic rings. The molecule has 1 aliphatic heterocycles. The van der Waals surface area contributed by atoms with Gasteiger partial charge in [0.25, 0.3) is 0 Å². The van der Waals surface area contributed by atoms with Gasteiger partial charge >= 0.3 is 0 Å². The first kappa shape index (κ1) is 30.7. The molecule has 4 nitrogen and oxygen atoms in total. The highest BCUT2D eigenvalue weighted by Gasteiger charge is 2.34. The summed E-state index contributed by atoms with van der Waals surface area (Å²) < 4.78 is 43.6. The molecule has 0 unspecified atom stereocenters. The lowest BCUT2D eigenvalue weighted by Crippen LogP contribution is -2.52. The zero-order chi connectivity index (χ0) is 30.0. The van der Waals surface area contributed by atoms with Crippen molar-refractivity contribution in [1.29, 1.82) is 0 Å². The summed E-state index contributed by atoms with van der Waals surface area (Å²) >= 11 is 6.18. The van der Waals surface area contributed by atoms with Crippen molar-refractivity contribution < 1.29 is 17.6 Å². The number of likely N-dealkylation sites (tertiary alicyclic amines) is 1. The SMILES string of the molecule is Cc1cc(C)cc(C[N+]2(CCCCN(c3ccc(F)c(Cl)c3)S(C)(=O)(O)c3ccc4ccccc4c3)CCCCC2)c1. The van der Waals surface area contributed by atoms with Crippen molar-refractivity contribution in [2.45, 2.75) is 57.4 Å². The van der Waals surface area contributed by atoms with Crippen LogP contribution in [0.15, 0.2) is 83.8 Å². The second kappa shape index (κ2) is 12.1. The number of nitrogens with zero attached hydrogens (tertiary/aromatic N) is 2. The molecule has 0 atom stereocenters. The number of aryl methyl sites for hydroxylation is 2. The Balaban J connectivity index is 1.40. The first-order valence-corrected chi connectivity index (χ1v) is 17.6. The van der Waals surface area contributed by atoms with Crippen LogP contribution < -0.4 is 4.31 Å². The molecule has 0 bridgehead atoms. The van der Waals surface area contributed by atoms with Gasteiger partial charge in [0.2, 0.25) is 0 Å². The van der Waals surface area contributed by atoms with E-state index in [2.05, 4.69) is 32.0 Å². The van der Waals surface area contributed by atoms with Gasteiger partial charge in [0, 0.05) is 18.4 Å². The number of benzene rings is 4. The molecule has 4 aromatic rings. The number of quaternary nitrogens is 1. The number of hydrogen-bond acceptors (Lipinski definition) is 1. The van der Waals surface area contributed by atoms with E-state index in [1.807, 2.05) is 30.3 Å². The van der Waals surface area contributed by atoms with E-state index < -0.39 is 15.3 Å². The molecule has 224 valence electrons. The molecule has 7 heteroatoms. The minimum absolute atomic E-state index is 0.0644. The van der Waals surface area contributed by atoms with Crippen LogP contribution in [0.25, 0.3) is 10.8 Å². The number of unbranched alkanes of at least 4 members (excludes halogenated alkanes) is 1. The smallest absolute Gasteiger partial charge is 0.141 e. The van der Waals surface area contributed by atoms with Gasteiger partial charge in [-0.25, -0.2) is 4.39 Å². The van der Waals surface area contributed by atoms with Crippen molar-refractivity contribution >= 4 is 37.6 Å². The Kier molecular flexibility index (Phi) is 8.82. The van der Waals surface area contributed by atoms with Crippen LogP contribution in [-0.2, 0) is 16.1 Å². The topological polar surface area (TPSA) is 40.5 Å². The van der Waals surface area contributed by atoms with E-state index in [1.165, 1.54) is 54.3 Å². The zero-order valence-electron chi connectivity index (χ0n) is 25.0. The van der Waals surface area contributed by atoms with Crippen LogP contribution in [0.4, 0.5) is 10.1 Å².